The summed E-state index contributed by atoms with van der Waals surface area (Å²) in [5.41, 5.74) is 1.67. The Labute approximate surface area is 138 Å². The van der Waals surface area contributed by atoms with E-state index in [1.165, 1.54) is 23.7 Å². The normalized spacial score (nSPS) is 10.6. The van der Waals surface area contributed by atoms with E-state index in [4.69, 9.17) is 0 Å². The van der Waals surface area contributed by atoms with Gasteiger partial charge in [-0.25, -0.2) is 9.07 Å². The molecule has 6 nitrogen and oxygen atoms in total. The van der Waals surface area contributed by atoms with Gasteiger partial charge in [0.05, 0.1) is 0 Å². The van der Waals surface area contributed by atoms with Crippen LogP contribution in [0, 0.1) is 5.82 Å². The van der Waals surface area contributed by atoms with Gasteiger partial charge in [0.15, 0.2) is 11.6 Å². The number of hydrogen-bond donors (Lipinski definition) is 1. The van der Waals surface area contributed by atoms with Crippen molar-refractivity contribution >= 4 is 11.7 Å². The number of carbonyl (C=O) groups is 1. The molecule has 0 atom stereocenters. The number of rotatable bonds is 6. The summed E-state index contributed by atoms with van der Waals surface area (Å²) in [5, 5.41) is 7.51. The zero-order chi connectivity index (χ0) is 16.9. The van der Waals surface area contributed by atoms with Crippen LogP contribution < -0.4 is 5.32 Å². The quantitative estimate of drug-likeness (QED) is 0.754. The van der Waals surface area contributed by atoms with E-state index in [9.17, 15) is 9.18 Å². The predicted molar refractivity (Wildman–Crippen MR) is 87.7 cm³/mol. The van der Waals surface area contributed by atoms with E-state index in [1.54, 1.807) is 30.6 Å². The van der Waals surface area contributed by atoms with Gasteiger partial charge in [-0.3, -0.25) is 9.78 Å². The molecular weight excluding hydrogens is 309 g/mol. The SMILES string of the molecule is CC(=O)Cn1nc(-c2cccnc2)nc1NCc1ccc(F)cc1. The van der Waals surface area contributed by atoms with Crippen LogP contribution in [-0.2, 0) is 17.9 Å². The van der Waals surface area contributed by atoms with Gasteiger partial charge in [0.1, 0.15) is 12.4 Å². The standard InChI is InChI=1S/C17H16FN5O/c1-12(24)11-23-17(20-9-13-4-6-15(18)7-5-13)21-16(22-23)14-3-2-8-19-10-14/h2-8,10H,9,11H2,1H3,(H,20,21,22). The minimum Gasteiger partial charge on any atom is -0.350 e. The van der Waals surface area contributed by atoms with Crippen molar-refractivity contribution in [3.63, 3.8) is 0 Å². The van der Waals surface area contributed by atoms with Crippen molar-refractivity contribution < 1.29 is 9.18 Å². The third-order valence-electron chi connectivity index (χ3n) is 3.33. The minimum absolute atomic E-state index is 0.0255. The number of Topliss-reactive ketones (excluding diaryl/α,β-unsaturated/α-hetero) is 1. The molecule has 0 radical (unpaired) electrons. The topological polar surface area (TPSA) is 72.7 Å². The maximum Gasteiger partial charge on any atom is 0.222 e. The maximum atomic E-state index is 13.0. The highest BCUT2D eigenvalue weighted by Crippen LogP contribution is 2.17. The molecule has 0 spiro atoms. The maximum absolute atomic E-state index is 13.0. The van der Waals surface area contributed by atoms with E-state index in [-0.39, 0.29) is 18.1 Å². The Hall–Kier alpha value is -3.09. The van der Waals surface area contributed by atoms with Crippen molar-refractivity contribution in [2.75, 3.05) is 5.32 Å². The summed E-state index contributed by atoms with van der Waals surface area (Å²) in [6.45, 7) is 2.07. The Bertz CT molecular complexity index is 830. The van der Waals surface area contributed by atoms with E-state index in [1.807, 2.05) is 6.07 Å². The highest BCUT2D eigenvalue weighted by atomic mass is 19.1. The molecule has 0 fully saturated rings. The van der Waals surface area contributed by atoms with Gasteiger partial charge in [0.2, 0.25) is 5.95 Å². The Morgan fingerprint density at radius 2 is 2.04 bits per heavy atom. The number of anilines is 1. The molecule has 3 aromatic rings. The minimum atomic E-state index is -0.280. The smallest absolute Gasteiger partial charge is 0.222 e. The number of halogens is 1. The van der Waals surface area contributed by atoms with Crippen molar-refractivity contribution in [2.45, 2.75) is 20.0 Å². The molecule has 0 amide bonds. The number of nitrogens with one attached hydrogen (secondary N) is 1. The van der Waals surface area contributed by atoms with Crippen LogP contribution in [0.4, 0.5) is 10.3 Å². The molecule has 0 aliphatic rings. The molecule has 2 heterocycles. The number of benzene rings is 1. The van der Waals surface area contributed by atoms with E-state index in [0.717, 1.165) is 11.1 Å². The lowest BCUT2D eigenvalue weighted by molar-refractivity contribution is -0.117. The molecule has 0 aliphatic heterocycles. The molecule has 1 N–H and O–H groups in total. The van der Waals surface area contributed by atoms with E-state index in [2.05, 4.69) is 20.4 Å². The number of nitrogens with zero attached hydrogens (tertiary/aromatic N) is 4. The highest BCUT2D eigenvalue weighted by molar-refractivity contribution is 5.75. The molecule has 24 heavy (non-hydrogen) atoms. The third-order valence-corrected chi connectivity index (χ3v) is 3.33. The van der Waals surface area contributed by atoms with Crippen LogP contribution in [0.25, 0.3) is 11.4 Å². The van der Waals surface area contributed by atoms with Crippen molar-refractivity contribution in [1.82, 2.24) is 19.7 Å². The van der Waals surface area contributed by atoms with Crippen molar-refractivity contribution in [1.29, 1.82) is 0 Å². The van der Waals surface area contributed by atoms with Crippen LogP contribution >= 0.6 is 0 Å². The number of ketones is 1. The average Bonchev–Trinajstić information content (AvgIpc) is 2.97. The first-order valence-corrected chi connectivity index (χ1v) is 7.45. The number of aromatic nitrogens is 4. The van der Waals surface area contributed by atoms with Gasteiger partial charge in [-0.1, -0.05) is 12.1 Å². The van der Waals surface area contributed by atoms with E-state index in [0.29, 0.717) is 18.3 Å². The summed E-state index contributed by atoms with van der Waals surface area (Å²) in [6.07, 6.45) is 3.33. The molecule has 0 aliphatic carbocycles. The van der Waals surface area contributed by atoms with Gasteiger partial charge in [0.25, 0.3) is 0 Å². The summed E-state index contributed by atoms with van der Waals surface area (Å²) >= 11 is 0. The fourth-order valence-electron chi connectivity index (χ4n) is 2.19. The molecule has 122 valence electrons. The van der Waals surface area contributed by atoms with Gasteiger partial charge >= 0.3 is 0 Å². The number of carbonyl (C=O) groups excluding carboxylic acids is 1. The summed E-state index contributed by atoms with van der Waals surface area (Å²) in [7, 11) is 0. The van der Waals surface area contributed by atoms with Gasteiger partial charge < -0.3 is 5.32 Å². The van der Waals surface area contributed by atoms with Crippen LogP contribution in [-0.4, -0.2) is 25.5 Å². The molecule has 0 saturated carbocycles. The molecule has 0 bridgehead atoms. The Balaban J connectivity index is 1.83. The summed E-state index contributed by atoms with van der Waals surface area (Å²) < 4.78 is 14.5. The molecular formula is C17H16FN5O. The van der Waals surface area contributed by atoms with Crippen LogP contribution in [0.2, 0.25) is 0 Å². The molecule has 3 rings (SSSR count). The van der Waals surface area contributed by atoms with E-state index >= 15 is 0 Å². The van der Waals surface area contributed by atoms with Gasteiger partial charge in [-0.05, 0) is 36.8 Å². The number of pyridine rings is 1. The largest absolute Gasteiger partial charge is 0.350 e. The summed E-state index contributed by atoms with van der Waals surface area (Å²) in [4.78, 5) is 19.9. The fraction of sp³-hybridized carbons (Fsp3) is 0.176. The molecule has 0 unspecified atom stereocenters. The summed E-state index contributed by atoms with van der Waals surface area (Å²) in [5.74, 6) is 0.666. The van der Waals surface area contributed by atoms with Gasteiger partial charge in [-0.15, -0.1) is 5.10 Å². The molecule has 1 aromatic carbocycles. The van der Waals surface area contributed by atoms with Crippen LogP contribution in [0.5, 0.6) is 0 Å². The lowest BCUT2D eigenvalue weighted by Gasteiger charge is -2.06. The number of hydrogen-bond acceptors (Lipinski definition) is 5. The van der Waals surface area contributed by atoms with E-state index < -0.39 is 0 Å². The molecule has 7 heteroatoms. The first kappa shape index (κ1) is 15.8. The second kappa shape index (κ2) is 6.99. The van der Waals surface area contributed by atoms with Crippen molar-refractivity contribution in [3.8, 4) is 11.4 Å². The van der Waals surface area contributed by atoms with Gasteiger partial charge in [0, 0.05) is 24.5 Å². The van der Waals surface area contributed by atoms with Crippen molar-refractivity contribution in [2.24, 2.45) is 0 Å². The predicted octanol–water partition coefficient (Wildman–Crippen LogP) is 2.68. The monoisotopic (exact) mass is 325 g/mol. The Morgan fingerprint density at radius 1 is 1.25 bits per heavy atom. The fourth-order valence-corrected chi connectivity index (χ4v) is 2.19. The second-order valence-electron chi connectivity index (χ2n) is 5.34. The lowest BCUT2D eigenvalue weighted by atomic mass is 10.2. The molecule has 2 aromatic heterocycles. The second-order valence-corrected chi connectivity index (χ2v) is 5.34. The van der Waals surface area contributed by atoms with Crippen LogP contribution in [0.3, 0.4) is 0 Å². The zero-order valence-corrected chi connectivity index (χ0v) is 13.1. The summed E-state index contributed by atoms with van der Waals surface area (Å²) in [6, 6.07) is 9.83. The van der Waals surface area contributed by atoms with Gasteiger partial charge in [-0.2, -0.15) is 4.98 Å². The Kier molecular flexibility index (Phi) is 4.60. The van der Waals surface area contributed by atoms with Crippen LogP contribution in [0.1, 0.15) is 12.5 Å². The average molecular weight is 325 g/mol. The molecule has 0 saturated heterocycles. The van der Waals surface area contributed by atoms with Crippen LogP contribution in [0.15, 0.2) is 48.8 Å². The first-order valence-electron chi connectivity index (χ1n) is 7.45. The highest BCUT2D eigenvalue weighted by Gasteiger charge is 2.13. The zero-order valence-electron chi connectivity index (χ0n) is 13.1. The Morgan fingerprint density at radius 3 is 2.71 bits per heavy atom. The van der Waals surface area contributed by atoms with Crippen molar-refractivity contribution in [3.05, 3.63) is 60.2 Å². The first-order chi connectivity index (χ1) is 11.6. The third kappa shape index (κ3) is 3.81. The lowest BCUT2D eigenvalue weighted by Crippen LogP contribution is -2.13.